The highest BCUT2D eigenvalue weighted by Gasteiger charge is 2.02. The monoisotopic (exact) mass is 221 g/mol. The van der Waals surface area contributed by atoms with E-state index in [9.17, 15) is 0 Å². The van der Waals surface area contributed by atoms with Gasteiger partial charge in [-0.25, -0.2) is 4.98 Å². The molecule has 0 saturated heterocycles. The van der Waals surface area contributed by atoms with Crippen LogP contribution in [0.3, 0.4) is 0 Å². The largest absolute Gasteiger partial charge is 0.342 e. The van der Waals surface area contributed by atoms with Gasteiger partial charge in [-0.05, 0) is 18.7 Å². The number of benzene rings is 1. The van der Waals surface area contributed by atoms with Crippen LogP contribution in [-0.4, -0.2) is 16.5 Å². The van der Waals surface area contributed by atoms with Crippen molar-refractivity contribution in [3.05, 3.63) is 41.3 Å². The molecule has 0 spiro atoms. The zero-order valence-electron chi connectivity index (χ0n) is 8.20. The van der Waals surface area contributed by atoms with E-state index in [4.69, 9.17) is 17.3 Å². The lowest BCUT2D eigenvalue weighted by Crippen LogP contribution is -2.03. The molecule has 0 unspecified atom stereocenters. The van der Waals surface area contributed by atoms with Gasteiger partial charge in [0, 0.05) is 17.0 Å². The first-order chi connectivity index (χ1) is 7.29. The van der Waals surface area contributed by atoms with Gasteiger partial charge in [0.15, 0.2) is 0 Å². The number of aromatic nitrogens is 2. The third kappa shape index (κ3) is 2.37. The Labute approximate surface area is 93.3 Å². The predicted molar refractivity (Wildman–Crippen MR) is 61.8 cm³/mol. The number of halogens is 1. The van der Waals surface area contributed by atoms with Crippen molar-refractivity contribution in [2.45, 2.75) is 6.42 Å². The maximum Gasteiger partial charge on any atom is 0.107 e. The van der Waals surface area contributed by atoms with E-state index in [2.05, 4.69) is 9.97 Å². The van der Waals surface area contributed by atoms with Crippen LogP contribution in [0.1, 0.15) is 5.82 Å². The molecule has 4 heteroatoms. The van der Waals surface area contributed by atoms with Gasteiger partial charge >= 0.3 is 0 Å². The summed E-state index contributed by atoms with van der Waals surface area (Å²) in [4.78, 5) is 7.44. The molecule has 3 N–H and O–H groups in total. The molecular weight excluding hydrogens is 210 g/mol. The highest BCUT2D eigenvalue weighted by atomic mass is 35.5. The van der Waals surface area contributed by atoms with Gasteiger partial charge in [0.25, 0.3) is 0 Å². The van der Waals surface area contributed by atoms with E-state index in [0.29, 0.717) is 6.54 Å². The second-order valence-corrected chi connectivity index (χ2v) is 3.73. The van der Waals surface area contributed by atoms with Crippen molar-refractivity contribution >= 4 is 11.6 Å². The summed E-state index contributed by atoms with van der Waals surface area (Å²) >= 11 is 5.91. The predicted octanol–water partition coefficient (Wildman–Crippen LogP) is 2.23. The summed E-state index contributed by atoms with van der Waals surface area (Å²) in [5.41, 5.74) is 7.46. The molecule has 0 fully saturated rings. The zero-order valence-corrected chi connectivity index (χ0v) is 8.96. The Bertz CT molecular complexity index is 451. The van der Waals surface area contributed by atoms with Gasteiger partial charge < -0.3 is 10.7 Å². The average molecular weight is 222 g/mol. The van der Waals surface area contributed by atoms with Crippen LogP contribution in [0, 0.1) is 0 Å². The summed E-state index contributed by atoms with van der Waals surface area (Å²) in [5, 5.41) is 0.725. The summed E-state index contributed by atoms with van der Waals surface area (Å²) in [7, 11) is 0. The molecule has 1 aromatic carbocycles. The summed E-state index contributed by atoms with van der Waals surface area (Å²) in [6, 6.07) is 7.66. The van der Waals surface area contributed by atoms with Crippen molar-refractivity contribution in [2.75, 3.05) is 6.54 Å². The fourth-order valence-electron chi connectivity index (χ4n) is 1.43. The Morgan fingerprint density at radius 1 is 1.40 bits per heavy atom. The number of H-pyrrole nitrogens is 1. The zero-order chi connectivity index (χ0) is 10.7. The minimum absolute atomic E-state index is 0.600. The average Bonchev–Trinajstić information content (AvgIpc) is 2.67. The van der Waals surface area contributed by atoms with Crippen molar-refractivity contribution in [2.24, 2.45) is 5.73 Å². The molecule has 0 atom stereocenters. The molecule has 0 aliphatic rings. The molecule has 3 nitrogen and oxygen atoms in total. The fraction of sp³-hybridized carbons (Fsp3) is 0.182. The van der Waals surface area contributed by atoms with E-state index in [1.165, 1.54) is 0 Å². The van der Waals surface area contributed by atoms with Crippen LogP contribution >= 0.6 is 11.6 Å². The van der Waals surface area contributed by atoms with Gasteiger partial charge in [0.1, 0.15) is 5.82 Å². The molecule has 0 saturated carbocycles. The van der Waals surface area contributed by atoms with Crippen molar-refractivity contribution in [1.82, 2.24) is 9.97 Å². The molecular formula is C11H12ClN3. The first-order valence-electron chi connectivity index (χ1n) is 4.79. The molecule has 1 aromatic heterocycles. The topological polar surface area (TPSA) is 54.7 Å². The first kappa shape index (κ1) is 10.2. The highest BCUT2D eigenvalue weighted by molar-refractivity contribution is 6.30. The molecule has 15 heavy (non-hydrogen) atoms. The smallest absolute Gasteiger partial charge is 0.107 e. The quantitative estimate of drug-likeness (QED) is 0.835. The molecule has 78 valence electrons. The fourth-order valence-corrected chi connectivity index (χ4v) is 1.62. The second-order valence-electron chi connectivity index (χ2n) is 3.29. The number of nitrogens with two attached hydrogens (primary N) is 1. The molecule has 0 bridgehead atoms. The normalized spacial score (nSPS) is 10.5. The lowest BCUT2D eigenvalue weighted by Gasteiger charge is -1.97. The summed E-state index contributed by atoms with van der Waals surface area (Å²) in [5.74, 6) is 0.910. The van der Waals surface area contributed by atoms with Gasteiger partial charge in [-0.15, -0.1) is 0 Å². The van der Waals surface area contributed by atoms with E-state index in [-0.39, 0.29) is 0 Å². The summed E-state index contributed by atoms with van der Waals surface area (Å²) in [6.45, 7) is 0.600. The maximum absolute atomic E-state index is 5.91. The molecule has 0 amide bonds. The standard InChI is InChI=1S/C11H12ClN3/c12-9-3-1-2-8(6-9)10-7-14-11(15-10)4-5-13/h1-3,6-7H,4-5,13H2,(H,14,15). The summed E-state index contributed by atoms with van der Waals surface area (Å²) in [6.07, 6.45) is 2.57. The van der Waals surface area contributed by atoms with Crippen LogP contribution in [-0.2, 0) is 6.42 Å². The Morgan fingerprint density at radius 2 is 2.27 bits per heavy atom. The Morgan fingerprint density at radius 3 is 3.00 bits per heavy atom. The number of aromatic amines is 1. The first-order valence-corrected chi connectivity index (χ1v) is 5.17. The Hall–Kier alpha value is -1.32. The van der Waals surface area contributed by atoms with Crippen LogP contribution < -0.4 is 5.73 Å². The molecule has 0 aliphatic heterocycles. The third-order valence-electron chi connectivity index (χ3n) is 2.15. The van der Waals surface area contributed by atoms with Crippen LogP contribution in [0.2, 0.25) is 5.02 Å². The SMILES string of the molecule is NCCc1ncc(-c2cccc(Cl)c2)[nH]1. The van der Waals surface area contributed by atoms with Crippen molar-refractivity contribution < 1.29 is 0 Å². The maximum atomic E-state index is 5.91. The number of nitrogens with zero attached hydrogens (tertiary/aromatic N) is 1. The Kier molecular flexibility index (Phi) is 3.04. The van der Waals surface area contributed by atoms with Crippen LogP contribution in [0.15, 0.2) is 30.5 Å². The van der Waals surface area contributed by atoms with E-state index in [0.717, 1.165) is 28.5 Å². The van der Waals surface area contributed by atoms with E-state index in [1.807, 2.05) is 24.3 Å². The lowest BCUT2D eigenvalue weighted by molar-refractivity contribution is 0.895. The van der Waals surface area contributed by atoms with Crippen LogP contribution in [0.5, 0.6) is 0 Å². The number of imidazole rings is 1. The van der Waals surface area contributed by atoms with E-state index < -0.39 is 0 Å². The van der Waals surface area contributed by atoms with Gasteiger partial charge in [-0.2, -0.15) is 0 Å². The number of hydrogen-bond acceptors (Lipinski definition) is 2. The number of hydrogen-bond donors (Lipinski definition) is 2. The van der Waals surface area contributed by atoms with Gasteiger partial charge in [-0.1, -0.05) is 23.7 Å². The van der Waals surface area contributed by atoms with Gasteiger partial charge in [0.2, 0.25) is 0 Å². The molecule has 2 aromatic rings. The van der Waals surface area contributed by atoms with Crippen LogP contribution in [0.25, 0.3) is 11.3 Å². The molecule has 1 heterocycles. The number of rotatable bonds is 3. The lowest BCUT2D eigenvalue weighted by atomic mass is 10.2. The molecule has 0 radical (unpaired) electrons. The van der Waals surface area contributed by atoms with Gasteiger partial charge in [0.05, 0.1) is 11.9 Å². The second kappa shape index (κ2) is 4.47. The third-order valence-corrected chi connectivity index (χ3v) is 2.38. The molecule has 2 rings (SSSR count). The van der Waals surface area contributed by atoms with Crippen molar-refractivity contribution in [1.29, 1.82) is 0 Å². The van der Waals surface area contributed by atoms with E-state index in [1.54, 1.807) is 6.20 Å². The number of nitrogens with one attached hydrogen (secondary N) is 1. The van der Waals surface area contributed by atoms with Crippen molar-refractivity contribution in [3.63, 3.8) is 0 Å². The minimum Gasteiger partial charge on any atom is -0.342 e. The summed E-state index contributed by atoms with van der Waals surface area (Å²) < 4.78 is 0. The van der Waals surface area contributed by atoms with Gasteiger partial charge in [-0.3, -0.25) is 0 Å². The minimum atomic E-state index is 0.600. The molecule has 0 aliphatic carbocycles. The highest BCUT2D eigenvalue weighted by Crippen LogP contribution is 2.20. The van der Waals surface area contributed by atoms with E-state index >= 15 is 0 Å². The van der Waals surface area contributed by atoms with Crippen molar-refractivity contribution in [3.8, 4) is 11.3 Å². The Balaban J connectivity index is 2.29. The van der Waals surface area contributed by atoms with Crippen LogP contribution in [0.4, 0.5) is 0 Å².